The third-order valence-electron chi connectivity index (χ3n) is 3.54. The number of nitrogens with zero attached hydrogens (tertiary/aromatic N) is 3. The van der Waals surface area contributed by atoms with Crippen molar-refractivity contribution in [3.05, 3.63) is 34.8 Å². The van der Waals surface area contributed by atoms with E-state index >= 15 is 0 Å². The molecule has 0 saturated carbocycles. The molecule has 3 heterocycles. The van der Waals surface area contributed by atoms with E-state index in [1.54, 1.807) is 29.1 Å². The van der Waals surface area contributed by atoms with Crippen LogP contribution in [-0.4, -0.2) is 27.0 Å². The molecule has 6 nitrogen and oxygen atoms in total. The Bertz CT molecular complexity index is 705. The van der Waals surface area contributed by atoms with Gasteiger partial charge in [-0.1, -0.05) is 11.2 Å². The first-order valence-electron chi connectivity index (χ1n) is 7.12. The van der Waals surface area contributed by atoms with Crippen molar-refractivity contribution in [2.75, 3.05) is 5.32 Å². The second-order valence-corrected chi connectivity index (χ2v) is 6.72. The van der Waals surface area contributed by atoms with Crippen LogP contribution in [0.2, 0.25) is 0 Å². The van der Waals surface area contributed by atoms with Crippen molar-refractivity contribution in [2.24, 2.45) is 5.16 Å². The van der Waals surface area contributed by atoms with Crippen LogP contribution in [0.1, 0.15) is 38.1 Å². The standard InChI is InChI=1S/C15H18N4O2S/c1-10(2)19-9-11(8-16-19)17-14(20)15(3)7-12(18-21-15)13-5-4-6-22-13/h4-6,8-10H,7H2,1-3H3,(H,17,20)/t15-/m1/s1. The minimum atomic E-state index is -0.987. The van der Waals surface area contributed by atoms with Gasteiger partial charge in [0.25, 0.3) is 5.91 Å². The van der Waals surface area contributed by atoms with E-state index in [0.717, 1.165) is 10.6 Å². The summed E-state index contributed by atoms with van der Waals surface area (Å²) in [5, 5.41) is 13.1. The quantitative estimate of drug-likeness (QED) is 0.942. The molecule has 116 valence electrons. The highest BCUT2D eigenvalue weighted by atomic mass is 32.1. The summed E-state index contributed by atoms with van der Waals surface area (Å²) in [6, 6.07) is 4.18. The van der Waals surface area contributed by atoms with Crippen molar-refractivity contribution in [1.82, 2.24) is 9.78 Å². The van der Waals surface area contributed by atoms with Crippen LogP contribution in [0.3, 0.4) is 0 Å². The molecule has 0 aliphatic carbocycles. The molecule has 0 radical (unpaired) electrons. The number of carbonyl (C=O) groups is 1. The van der Waals surface area contributed by atoms with Crippen molar-refractivity contribution in [2.45, 2.75) is 38.8 Å². The Labute approximate surface area is 132 Å². The summed E-state index contributed by atoms with van der Waals surface area (Å²) in [5.41, 5.74) is 0.484. The van der Waals surface area contributed by atoms with Gasteiger partial charge < -0.3 is 10.2 Å². The molecule has 1 N–H and O–H groups in total. The molecule has 0 fully saturated rings. The second kappa shape index (κ2) is 5.57. The lowest BCUT2D eigenvalue weighted by molar-refractivity contribution is -0.135. The van der Waals surface area contributed by atoms with Gasteiger partial charge in [-0.2, -0.15) is 5.10 Å². The van der Waals surface area contributed by atoms with Crippen LogP contribution in [0.25, 0.3) is 0 Å². The van der Waals surface area contributed by atoms with Crippen LogP contribution in [0, 0.1) is 0 Å². The van der Waals surface area contributed by atoms with E-state index in [1.807, 2.05) is 37.6 Å². The number of rotatable bonds is 4. The lowest BCUT2D eigenvalue weighted by atomic mass is 9.98. The predicted molar refractivity (Wildman–Crippen MR) is 86.2 cm³/mol. The first-order valence-corrected chi connectivity index (χ1v) is 8.00. The second-order valence-electron chi connectivity index (χ2n) is 5.77. The number of hydrogen-bond acceptors (Lipinski definition) is 5. The van der Waals surface area contributed by atoms with Crippen LogP contribution in [-0.2, 0) is 9.63 Å². The zero-order chi connectivity index (χ0) is 15.7. The molecular weight excluding hydrogens is 300 g/mol. The Kier molecular flexibility index (Phi) is 3.74. The normalized spacial score (nSPS) is 20.8. The molecule has 2 aromatic heterocycles. The first-order chi connectivity index (χ1) is 10.5. The van der Waals surface area contributed by atoms with Crippen LogP contribution in [0.15, 0.2) is 35.1 Å². The zero-order valence-electron chi connectivity index (χ0n) is 12.7. The molecule has 1 atom stereocenters. The van der Waals surface area contributed by atoms with E-state index in [9.17, 15) is 4.79 Å². The maximum Gasteiger partial charge on any atom is 0.271 e. The summed E-state index contributed by atoms with van der Waals surface area (Å²) >= 11 is 1.59. The van der Waals surface area contributed by atoms with E-state index < -0.39 is 5.60 Å². The Balaban J connectivity index is 1.67. The highest BCUT2D eigenvalue weighted by molar-refractivity contribution is 7.12. The van der Waals surface area contributed by atoms with E-state index in [4.69, 9.17) is 4.84 Å². The number of carbonyl (C=O) groups excluding carboxylic acids is 1. The van der Waals surface area contributed by atoms with Crippen molar-refractivity contribution in [3.8, 4) is 0 Å². The van der Waals surface area contributed by atoms with Crippen molar-refractivity contribution >= 4 is 28.6 Å². The molecule has 1 aliphatic rings. The smallest absolute Gasteiger partial charge is 0.271 e. The molecule has 3 rings (SSSR count). The first kappa shape index (κ1) is 14.8. The fourth-order valence-corrected chi connectivity index (χ4v) is 2.89. The van der Waals surface area contributed by atoms with Crippen molar-refractivity contribution in [1.29, 1.82) is 0 Å². The van der Waals surface area contributed by atoms with E-state index in [-0.39, 0.29) is 11.9 Å². The van der Waals surface area contributed by atoms with Gasteiger partial charge in [-0.05, 0) is 32.2 Å². The van der Waals surface area contributed by atoms with Gasteiger partial charge in [0.2, 0.25) is 5.60 Å². The topological polar surface area (TPSA) is 68.5 Å². The van der Waals surface area contributed by atoms with E-state index in [0.29, 0.717) is 12.1 Å². The summed E-state index contributed by atoms with van der Waals surface area (Å²) in [7, 11) is 0. The summed E-state index contributed by atoms with van der Waals surface area (Å²) in [5.74, 6) is -0.217. The number of oxime groups is 1. The SMILES string of the molecule is CC(C)n1cc(NC(=O)[C@@]2(C)CC(c3cccs3)=NO2)cn1. The van der Waals surface area contributed by atoms with Crippen molar-refractivity contribution < 1.29 is 9.63 Å². The highest BCUT2D eigenvalue weighted by Crippen LogP contribution is 2.29. The summed E-state index contributed by atoms with van der Waals surface area (Å²) in [4.78, 5) is 18.9. The molecule has 0 saturated heterocycles. The van der Waals surface area contributed by atoms with Gasteiger partial charge >= 0.3 is 0 Å². The third kappa shape index (κ3) is 2.76. The zero-order valence-corrected chi connectivity index (χ0v) is 13.6. The van der Waals surface area contributed by atoms with Gasteiger partial charge in [0.15, 0.2) is 0 Å². The largest absolute Gasteiger partial charge is 0.379 e. The maximum atomic E-state index is 12.5. The highest BCUT2D eigenvalue weighted by Gasteiger charge is 2.42. The molecule has 0 unspecified atom stereocenters. The van der Waals surface area contributed by atoms with Crippen LogP contribution in [0.5, 0.6) is 0 Å². The Morgan fingerprint density at radius 3 is 3.00 bits per heavy atom. The summed E-state index contributed by atoms with van der Waals surface area (Å²) < 4.78 is 1.79. The predicted octanol–water partition coefficient (Wildman–Crippen LogP) is 3.05. The van der Waals surface area contributed by atoms with Gasteiger partial charge in [-0.3, -0.25) is 9.48 Å². The van der Waals surface area contributed by atoms with E-state index in [1.165, 1.54) is 0 Å². The maximum absolute atomic E-state index is 12.5. The number of aromatic nitrogens is 2. The minimum absolute atomic E-state index is 0.217. The number of hydrogen-bond donors (Lipinski definition) is 1. The third-order valence-corrected chi connectivity index (χ3v) is 4.46. The fourth-order valence-electron chi connectivity index (χ4n) is 2.18. The molecule has 7 heteroatoms. The molecule has 2 aromatic rings. The van der Waals surface area contributed by atoms with Crippen molar-refractivity contribution in [3.63, 3.8) is 0 Å². The average molecular weight is 318 g/mol. The van der Waals surface area contributed by atoms with E-state index in [2.05, 4.69) is 15.6 Å². The monoisotopic (exact) mass is 318 g/mol. The Hall–Kier alpha value is -2.15. The molecule has 0 spiro atoms. The molecule has 22 heavy (non-hydrogen) atoms. The number of anilines is 1. The van der Waals surface area contributed by atoms with Gasteiger partial charge in [0.05, 0.1) is 16.8 Å². The molecule has 0 aromatic carbocycles. The molecular formula is C15H18N4O2S. The Morgan fingerprint density at radius 2 is 2.36 bits per heavy atom. The molecule has 1 amide bonds. The summed E-state index contributed by atoms with van der Waals surface area (Å²) in [6.45, 7) is 5.81. The van der Waals surface area contributed by atoms with Gasteiger partial charge in [-0.15, -0.1) is 11.3 Å². The molecule has 0 bridgehead atoms. The number of nitrogens with one attached hydrogen (secondary N) is 1. The lowest BCUT2D eigenvalue weighted by Gasteiger charge is -2.19. The number of amides is 1. The summed E-state index contributed by atoms with van der Waals surface area (Å²) in [6.07, 6.45) is 3.90. The van der Waals surface area contributed by atoms with Gasteiger partial charge in [0.1, 0.15) is 5.71 Å². The van der Waals surface area contributed by atoms with Gasteiger partial charge in [-0.25, -0.2) is 0 Å². The minimum Gasteiger partial charge on any atom is -0.379 e. The fraction of sp³-hybridized carbons (Fsp3) is 0.400. The Morgan fingerprint density at radius 1 is 1.55 bits per heavy atom. The van der Waals surface area contributed by atoms with Crippen LogP contribution >= 0.6 is 11.3 Å². The average Bonchev–Trinajstić information content (AvgIpc) is 3.17. The van der Waals surface area contributed by atoms with Gasteiger partial charge in [0, 0.05) is 18.7 Å². The lowest BCUT2D eigenvalue weighted by Crippen LogP contribution is -2.40. The van der Waals surface area contributed by atoms with Crippen LogP contribution in [0.4, 0.5) is 5.69 Å². The number of thiophene rings is 1. The molecule has 1 aliphatic heterocycles. The van der Waals surface area contributed by atoms with Crippen LogP contribution < -0.4 is 5.32 Å².